The number of Topliss-reactive ketones (excluding diaryl/α,β-unsaturated/α-hetero) is 1. The molecule has 0 radical (unpaired) electrons. The molecule has 0 aliphatic rings. The van der Waals surface area contributed by atoms with Crippen molar-refractivity contribution in [1.82, 2.24) is 4.90 Å². The standard InChI is InChI=1S/C23H31NO2.ClH/c1-5-24(6-2)14-15-26-23-18(3)16-21(17-19(23)4)22(25)13-12-20-10-8-7-9-11-20;/h7-11,16-17H,5-6,12-15H2,1-4H3;1H. The van der Waals surface area contributed by atoms with Crippen molar-refractivity contribution < 1.29 is 9.53 Å². The van der Waals surface area contributed by atoms with Crippen LogP contribution in [0.5, 0.6) is 5.75 Å². The lowest BCUT2D eigenvalue weighted by molar-refractivity contribution is 0.0982. The highest BCUT2D eigenvalue weighted by molar-refractivity contribution is 5.96. The molecular weight excluding hydrogens is 358 g/mol. The molecule has 4 heteroatoms. The van der Waals surface area contributed by atoms with Gasteiger partial charge < -0.3 is 9.64 Å². The molecule has 2 aromatic carbocycles. The first-order valence-corrected chi connectivity index (χ1v) is 9.58. The third-order valence-electron chi connectivity index (χ3n) is 4.81. The van der Waals surface area contributed by atoms with E-state index in [4.69, 9.17) is 4.74 Å². The van der Waals surface area contributed by atoms with Gasteiger partial charge in [-0.25, -0.2) is 0 Å². The molecule has 27 heavy (non-hydrogen) atoms. The number of halogens is 1. The summed E-state index contributed by atoms with van der Waals surface area (Å²) in [7, 11) is 0. The second-order valence-corrected chi connectivity index (χ2v) is 6.72. The number of benzene rings is 2. The highest BCUT2D eigenvalue weighted by Gasteiger charge is 2.12. The molecule has 0 saturated carbocycles. The fourth-order valence-corrected chi connectivity index (χ4v) is 3.20. The van der Waals surface area contributed by atoms with Gasteiger partial charge in [0, 0.05) is 18.5 Å². The first-order chi connectivity index (χ1) is 12.5. The minimum Gasteiger partial charge on any atom is -0.492 e. The molecule has 0 fully saturated rings. The molecular formula is C23H32ClNO2. The fraction of sp³-hybridized carbons (Fsp3) is 0.435. The van der Waals surface area contributed by atoms with Gasteiger partial charge in [-0.1, -0.05) is 44.2 Å². The van der Waals surface area contributed by atoms with Crippen LogP contribution in [0.2, 0.25) is 0 Å². The first-order valence-electron chi connectivity index (χ1n) is 9.58. The van der Waals surface area contributed by atoms with E-state index in [-0.39, 0.29) is 18.2 Å². The van der Waals surface area contributed by atoms with Gasteiger partial charge in [-0.15, -0.1) is 12.4 Å². The molecule has 0 bridgehead atoms. The molecule has 0 N–H and O–H groups in total. The van der Waals surface area contributed by atoms with Crippen molar-refractivity contribution in [3.8, 4) is 5.75 Å². The van der Waals surface area contributed by atoms with Crippen LogP contribution in [0, 0.1) is 13.8 Å². The Labute approximate surface area is 170 Å². The summed E-state index contributed by atoms with van der Waals surface area (Å²) in [5, 5.41) is 0. The van der Waals surface area contributed by atoms with Crippen molar-refractivity contribution in [2.75, 3.05) is 26.2 Å². The third-order valence-corrected chi connectivity index (χ3v) is 4.81. The Morgan fingerprint density at radius 1 is 1.00 bits per heavy atom. The molecule has 0 aromatic heterocycles. The van der Waals surface area contributed by atoms with Gasteiger partial charge in [-0.05, 0) is 62.2 Å². The maximum Gasteiger partial charge on any atom is 0.163 e. The molecule has 0 spiro atoms. The molecule has 2 aromatic rings. The maximum absolute atomic E-state index is 12.6. The van der Waals surface area contributed by atoms with E-state index in [1.54, 1.807) is 0 Å². The number of ether oxygens (including phenoxy) is 1. The monoisotopic (exact) mass is 389 g/mol. The van der Waals surface area contributed by atoms with Crippen LogP contribution in [-0.2, 0) is 6.42 Å². The van der Waals surface area contributed by atoms with Gasteiger partial charge in [0.05, 0.1) is 0 Å². The average molecular weight is 390 g/mol. The average Bonchev–Trinajstić information content (AvgIpc) is 2.65. The number of carbonyl (C=O) groups excluding carboxylic acids is 1. The summed E-state index contributed by atoms with van der Waals surface area (Å²) in [5.74, 6) is 1.10. The van der Waals surface area contributed by atoms with Crippen LogP contribution in [0.15, 0.2) is 42.5 Å². The first kappa shape index (κ1) is 23.2. The van der Waals surface area contributed by atoms with E-state index in [2.05, 4.69) is 30.9 Å². The molecule has 0 unspecified atom stereocenters. The molecule has 3 nitrogen and oxygen atoms in total. The number of ketones is 1. The van der Waals surface area contributed by atoms with Gasteiger partial charge in [-0.3, -0.25) is 4.79 Å². The van der Waals surface area contributed by atoms with Crippen LogP contribution in [0.4, 0.5) is 0 Å². The van der Waals surface area contributed by atoms with Crippen LogP contribution < -0.4 is 4.74 Å². The molecule has 148 valence electrons. The van der Waals surface area contributed by atoms with Crippen LogP contribution in [-0.4, -0.2) is 36.9 Å². The van der Waals surface area contributed by atoms with Crippen molar-refractivity contribution in [2.45, 2.75) is 40.5 Å². The van der Waals surface area contributed by atoms with Crippen LogP contribution in [0.1, 0.15) is 47.3 Å². The van der Waals surface area contributed by atoms with Crippen molar-refractivity contribution in [3.63, 3.8) is 0 Å². The number of likely N-dealkylation sites (N-methyl/N-ethyl adjacent to an activating group) is 1. The summed E-state index contributed by atoms with van der Waals surface area (Å²) in [5.41, 5.74) is 4.05. The Balaban J connectivity index is 0.00000364. The Morgan fingerprint density at radius 3 is 2.15 bits per heavy atom. The van der Waals surface area contributed by atoms with E-state index in [1.165, 1.54) is 5.56 Å². The van der Waals surface area contributed by atoms with E-state index in [1.807, 2.05) is 44.2 Å². The zero-order valence-corrected chi connectivity index (χ0v) is 17.8. The van der Waals surface area contributed by atoms with Gasteiger partial charge in [0.2, 0.25) is 0 Å². The van der Waals surface area contributed by atoms with E-state index in [0.29, 0.717) is 13.0 Å². The van der Waals surface area contributed by atoms with Crippen LogP contribution in [0.25, 0.3) is 0 Å². The third kappa shape index (κ3) is 7.00. The highest BCUT2D eigenvalue weighted by Crippen LogP contribution is 2.25. The summed E-state index contributed by atoms with van der Waals surface area (Å²) in [6.45, 7) is 12.0. The summed E-state index contributed by atoms with van der Waals surface area (Å²) in [6, 6.07) is 14.1. The molecule has 2 rings (SSSR count). The molecule has 0 aliphatic carbocycles. The lowest BCUT2D eigenvalue weighted by atomic mass is 9.99. The second-order valence-electron chi connectivity index (χ2n) is 6.72. The van der Waals surface area contributed by atoms with Crippen LogP contribution in [0.3, 0.4) is 0 Å². The molecule has 0 saturated heterocycles. The molecule has 0 heterocycles. The normalized spacial score (nSPS) is 10.6. The summed E-state index contributed by atoms with van der Waals surface area (Å²) < 4.78 is 6.01. The van der Waals surface area contributed by atoms with Gasteiger partial charge >= 0.3 is 0 Å². The van der Waals surface area contributed by atoms with Gasteiger partial charge in [0.15, 0.2) is 5.78 Å². The van der Waals surface area contributed by atoms with Crippen molar-refractivity contribution in [3.05, 3.63) is 64.7 Å². The van der Waals surface area contributed by atoms with E-state index < -0.39 is 0 Å². The maximum atomic E-state index is 12.6. The minimum atomic E-state index is 0. The number of aryl methyl sites for hydroxylation is 3. The zero-order chi connectivity index (χ0) is 18.9. The second kappa shape index (κ2) is 11.8. The minimum absolute atomic E-state index is 0. The smallest absolute Gasteiger partial charge is 0.163 e. The van der Waals surface area contributed by atoms with E-state index in [9.17, 15) is 4.79 Å². The predicted octanol–water partition coefficient (Wildman–Crippen LogP) is 5.26. The van der Waals surface area contributed by atoms with Crippen molar-refractivity contribution in [2.24, 2.45) is 0 Å². The number of hydrogen-bond acceptors (Lipinski definition) is 3. The lowest BCUT2D eigenvalue weighted by Gasteiger charge is -2.19. The van der Waals surface area contributed by atoms with E-state index in [0.717, 1.165) is 48.5 Å². The molecule has 0 amide bonds. The Morgan fingerprint density at radius 2 is 1.59 bits per heavy atom. The summed E-state index contributed by atoms with van der Waals surface area (Å²) in [6.07, 6.45) is 1.31. The SMILES string of the molecule is CCN(CC)CCOc1c(C)cc(C(=O)CCc2ccccc2)cc1C.Cl. The topological polar surface area (TPSA) is 29.5 Å². The number of nitrogens with zero attached hydrogens (tertiary/aromatic N) is 1. The number of hydrogen-bond donors (Lipinski definition) is 0. The van der Waals surface area contributed by atoms with Gasteiger partial charge in [0.25, 0.3) is 0 Å². The number of rotatable bonds is 10. The fourth-order valence-electron chi connectivity index (χ4n) is 3.20. The highest BCUT2D eigenvalue weighted by atomic mass is 35.5. The zero-order valence-electron chi connectivity index (χ0n) is 17.0. The van der Waals surface area contributed by atoms with Gasteiger partial charge in [-0.2, -0.15) is 0 Å². The quantitative estimate of drug-likeness (QED) is 0.519. The van der Waals surface area contributed by atoms with Crippen LogP contribution >= 0.6 is 12.4 Å². The van der Waals surface area contributed by atoms with Crippen molar-refractivity contribution in [1.29, 1.82) is 0 Å². The lowest BCUT2D eigenvalue weighted by Crippen LogP contribution is -2.28. The van der Waals surface area contributed by atoms with Crippen molar-refractivity contribution >= 4 is 18.2 Å². The summed E-state index contributed by atoms with van der Waals surface area (Å²) >= 11 is 0. The van der Waals surface area contributed by atoms with E-state index >= 15 is 0 Å². The Hall–Kier alpha value is -1.84. The Kier molecular flexibility index (Phi) is 10.1. The Bertz CT molecular complexity index is 689. The molecule has 0 aliphatic heterocycles. The molecule has 0 atom stereocenters. The largest absolute Gasteiger partial charge is 0.492 e. The summed E-state index contributed by atoms with van der Waals surface area (Å²) in [4.78, 5) is 14.9. The predicted molar refractivity (Wildman–Crippen MR) is 116 cm³/mol. The number of carbonyl (C=O) groups is 1. The van der Waals surface area contributed by atoms with Gasteiger partial charge in [0.1, 0.15) is 12.4 Å².